The molecule has 0 spiro atoms. The second-order valence-corrected chi connectivity index (χ2v) is 9.58. The van der Waals surface area contributed by atoms with Crippen molar-refractivity contribution < 1.29 is 23.8 Å². The van der Waals surface area contributed by atoms with Crippen LogP contribution in [0.1, 0.15) is 20.7 Å². The highest BCUT2D eigenvalue weighted by molar-refractivity contribution is 6.21. The average molecular weight is 551 g/mol. The molecule has 0 fully saturated rings. The SMILES string of the molecule is COc1cc2ncc3c(N)nc(-c4cncc(OC[C@@H](N)CN5C(=O)c6ccccc6C5=O)c4)cc3c2cc1OC. The van der Waals surface area contributed by atoms with Gasteiger partial charge in [-0.05, 0) is 35.7 Å². The lowest BCUT2D eigenvalue weighted by Crippen LogP contribution is -2.43. The third kappa shape index (κ3) is 4.61. The summed E-state index contributed by atoms with van der Waals surface area (Å²) in [6.45, 7) is 0.0847. The van der Waals surface area contributed by atoms with Crippen molar-refractivity contribution in [2.75, 3.05) is 33.1 Å². The summed E-state index contributed by atoms with van der Waals surface area (Å²) in [5.74, 6) is 1.19. The Morgan fingerprint density at radius 3 is 2.29 bits per heavy atom. The number of methoxy groups -OCH3 is 2. The lowest BCUT2D eigenvalue weighted by molar-refractivity contribution is 0.0636. The Hall–Kier alpha value is -5.29. The molecular weight excluding hydrogens is 524 g/mol. The van der Waals surface area contributed by atoms with Crippen LogP contribution in [0.25, 0.3) is 32.9 Å². The van der Waals surface area contributed by atoms with E-state index in [2.05, 4.69) is 15.0 Å². The number of nitrogens with zero attached hydrogens (tertiary/aromatic N) is 4. The normalized spacial score (nSPS) is 13.5. The van der Waals surface area contributed by atoms with E-state index in [9.17, 15) is 9.59 Å². The molecule has 11 heteroatoms. The number of benzene rings is 2. The van der Waals surface area contributed by atoms with Crippen LogP contribution in [-0.2, 0) is 0 Å². The number of anilines is 1. The van der Waals surface area contributed by atoms with E-state index >= 15 is 0 Å². The fourth-order valence-corrected chi connectivity index (χ4v) is 4.94. The van der Waals surface area contributed by atoms with Gasteiger partial charge in [0, 0.05) is 41.3 Å². The third-order valence-corrected chi connectivity index (χ3v) is 6.98. The van der Waals surface area contributed by atoms with Crippen LogP contribution >= 0.6 is 0 Å². The summed E-state index contributed by atoms with van der Waals surface area (Å²) in [5, 5.41) is 2.37. The molecule has 1 aliphatic rings. The van der Waals surface area contributed by atoms with Crippen molar-refractivity contribution >= 4 is 39.3 Å². The summed E-state index contributed by atoms with van der Waals surface area (Å²) in [7, 11) is 3.15. The first-order chi connectivity index (χ1) is 19.9. The number of rotatable bonds is 8. The number of carbonyl (C=O) groups is 2. The molecule has 5 aromatic rings. The minimum atomic E-state index is -0.610. The molecule has 1 atom stereocenters. The molecule has 6 rings (SSSR count). The van der Waals surface area contributed by atoms with Gasteiger partial charge in [0.05, 0.1) is 48.8 Å². The third-order valence-electron chi connectivity index (χ3n) is 6.98. The molecule has 2 amide bonds. The molecule has 206 valence electrons. The maximum Gasteiger partial charge on any atom is 0.261 e. The van der Waals surface area contributed by atoms with E-state index in [1.54, 1.807) is 63.1 Å². The lowest BCUT2D eigenvalue weighted by atomic mass is 10.0. The summed E-state index contributed by atoms with van der Waals surface area (Å²) in [6, 6.07) is 13.5. The maximum atomic E-state index is 12.7. The number of imide groups is 1. The van der Waals surface area contributed by atoms with Crippen molar-refractivity contribution in [1.29, 1.82) is 0 Å². The summed E-state index contributed by atoms with van der Waals surface area (Å²) in [5.41, 5.74) is 15.3. The molecule has 0 radical (unpaired) electrons. The minimum absolute atomic E-state index is 0.0254. The summed E-state index contributed by atoms with van der Waals surface area (Å²) in [4.78, 5) is 39.9. The van der Waals surface area contributed by atoms with Gasteiger partial charge in [-0.15, -0.1) is 0 Å². The number of nitrogen functional groups attached to an aromatic ring is 1. The van der Waals surface area contributed by atoms with Crippen LogP contribution in [0.4, 0.5) is 5.82 Å². The zero-order valence-electron chi connectivity index (χ0n) is 22.3. The van der Waals surface area contributed by atoms with Gasteiger partial charge in [0.1, 0.15) is 18.2 Å². The predicted octanol–water partition coefficient (Wildman–Crippen LogP) is 3.45. The number of carbonyl (C=O) groups excluding carboxylic acids is 2. The second kappa shape index (κ2) is 10.4. The van der Waals surface area contributed by atoms with Gasteiger partial charge in [0.15, 0.2) is 11.5 Å². The molecule has 11 nitrogen and oxygen atoms in total. The Labute approximate surface area is 234 Å². The largest absolute Gasteiger partial charge is 0.493 e. The van der Waals surface area contributed by atoms with E-state index in [0.717, 1.165) is 15.7 Å². The quantitative estimate of drug-likeness (QED) is 0.217. The number of hydrogen-bond acceptors (Lipinski definition) is 10. The first-order valence-corrected chi connectivity index (χ1v) is 12.8. The molecule has 41 heavy (non-hydrogen) atoms. The van der Waals surface area contributed by atoms with Gasteiger partial charge >= 0.3 is 0 Å². The molecule has 0 unspecified atom stereocenters. The van der Waals surface area contributed by atoms with Crippen molar-refractivity contribution in [1.82, 2.24) is 19.9 Å². The van der Waals surface area contributed by atoms with Crippen molar-refractivity contribution in [2.45, 2.75) is 6.04 Å². The Morgan fingerprint density at radius 1 is 0.878 bits per heavy atom. The van der Waals surface area contributed by atoms with Crippen LogP contribution in [0.2, 0.25) is 0 Å². The fraction of sp³-hybridized carbons (Fsp3) is 0.167. The highest BCUT2D eigenvalue weighted by Gasteiger charge is 2.35. The summed E-state index contributed by atoms with van der Waals surface area (Å²) < 4.78 is 16.8. The van der Waals surface area contributed by atoms with Crippen LogP contribution in [-0.4, -0.2) is 65.1 Å². The molecule has 0 aliphatic carbocycles. The Bertz CT molecular complexity index is 1810. The monoisotopic (exact) mass is 550 g/mol. The molecule has 0 saturated heterocycles. The average Bonchev–Trinajstić information content (AvgIpc) is 3.24. The van der Waals surface area contributed by atoms with Gasteiger partial charge in [0.25, 0.3) is 11.8 Å². The number of pyridine rings is 3. The molecule has 4 N–H and O–H groups in total. The molecular formula is C30H26N6O5. The molecule has 0 saturated carbocycles. The van der Waals surface area contributed by atoms with E-state index in [1.165, 1.54) is 0 Å². The smallest absolute Gasteiger partial charge is 0.261 e. The van der Waals surface area contributed by atoms with Crippen LogP contribution in [0.5, 0.6) is 17.2 Å². The van der Waals surface area contributed by atoms with Crippen LogP contribution in [0, 0.1) is 0 Å². The van der Waals surface area contributed by atoms with Crippen molar-refractivity contribution in [3.63, 3.8) is 0 Å². The van der Waals surface area contributed by atoms with Gasteiger partial charge in [-0.1, -0.05) is 12.1 Å². The first kappa shape index (κ1) is 26.0. The zero-order valence-corrected chi connectivity index (χ0v) is 22.3. The van der Waals surface area contributed by atoms with Crippen molar-refractivity contribution in [3.8, 4) is 28.5 Å². The number of ether oxygens (including phenoxy) is 3. The van der Waals surface area contributed by atoms with E-state index < -0.39 is 6.04 Å². The summed E-state index contributed by atoms with van der Waals surface area (Å²) >= 11 is 0. The van der Waals surface area contributed by atoms with Gasteiger partial charge < -0.3 is 25.7 Å². The Kier molecular flexibility index (Phi) is 6.56. The number of fused-ring (bicyclic) bond motifs is 4. The Balaban J connectivity index is 1.24. The van der Waals surface area contributed by atoms with E-state index in [1.807, 2.05) is 18.2 Å². The highest BCUT2D eigenvalue weighted by atomic mass is 16.5. The summed E-state index contributed by atoms with van der Waals surface area (Å²) in [6.07, 6.45) is 4.90. The number of amides is 2. The second-order valence-electron chi connectivity index (χ2n) is 9.58. The maximum absolute atomic E-state index is 12.7. The van der Waals surface area contributed by atoms with Crippen LogP contribution < -0.4 is 25.7 Å². The van der Waals surface area contributed by atoms with Crippen molar-refractivity contribution in [3.05, 3.63) is 78.2 Å². The zero-order chi connectivity index (χ0) is 28.7. The van der Waals surface area contributed by atoms with Gasteiger partial charge in [-0.25, -0.2) is 4.98 Å². The van der Waals surface area contributed by atoms with E-state index in [0.29, 0.717) is 56.4 Å². The molecule has 3 aromatic heterocycles. The van der Waals surface area contributed by atoms with Crippen LogP contribution in [0.15, 0.2) is 67.1 Å². The number of hydrogen-bond donors (Lipinski definition) is 2. The first-order valence-electron chi connectivity index (χ1n) is 12.8. The minimum Gasteiger partial charge on any atom is -0.493 e. The van der Waals surface area contributed by atoms with Crippen molar-refractivity contribution in [2.24, 2.45) is 5.73 Å². The number of aromatic nitrogens is 3. The van der Waals surface area contributed by atoms with Crippen LogP contribution in [0.3, 0.4) is 0 Å². The topological polar surface area (TPSA) is 156 Å². The van der Waals surface area contributed by atoms with E-state index in [-0.39, 0.29) is 25.0 Å². The molecule has 2 aromatic carbocycles. The molecule has 1 aliphatic heterocycles. The Morgan fingerprint density at radius 2 is 1.59 bits per heavy atom. The lowest BCUT2D eigenvalue weighted by Gasteiger charge is -2.19. The standard InChI is InChI=1S/C30H26N6O5/c1-39-26-9-22-21-8-24(35-28(32)23(21)13-34-25(22)10-27(26)40-2)16-7-18(12-33-11-16)41-15-17(31)14-36-29(37)19-5-3-4-6-20(19)30(36)38/h3-13,17H,14-15,31H2,1-2H3,(H2,32,35)/t17-/m0/s1. The highest BCUT2D eigenvalue weighted by Crippen LogP contribution is 2.37. The van der Waals surface area contributed by atoms with E-state index in [4.69, 9.17) is 25.7 Å². The predicted molar refractivity (Wildman–Crippen MR) is 153 cm³/mol. The number of nitrogens with two attached hydrogens (primary N) is 2. The van der Waals surface area contributed by atoms with Gasteiger partial charge in [-0.3, -0.25) is 24.5 Å². The fourth-order valence-electron chi connectivity index (χ4n) is 4.94. The van der Waals surface area contributed by atoms with Gasteiger partial charge in [-0.2, -0.15) is 0 Å². The van der Waals surface area contributed by atoms with Gasteiger partial charge in [0.2, 0.25) is 0 Å². The molecule has 4 heterocycles. The molecule has 0 bridgehead atoms.